The minimum Gasteiger partial charge on any atom is -0.508 e. The summed E-state index contributed by atoms with van der Waals surface area (Å²) >= 11 is 0. The fourth-order valence-corrected chi connectivity index (χ4v) is 4.09. The predicted molar refractivity (Wildman–Crippen MR) is 132 cm³/mol. The number of methoxy groups -OCH3 is 1. The molecule has 34 heavy (non-hydrogen) atoms. The van der Waals surface area contributed by atoms with Gasteiger partial charge in [-0.05, 0) is 75.3 Å². The Hall–Kier alpha value is -3.96. The molecule has 0 radical (unpaired) electrons. The fourth-order valence-electron chi connectivity index (χ4n) is 4.09. The smallest absolute Gasteiger partial charge is 0.119 e. The van der Waals surface area contributed by atoms with Crippen molar-refractivity contribution >= 4 is 0 Å². The number of rotatable bonds is 8. The first kappa shape index (κ1) is 23.2. The summed E-state index contributed by atoms with van der Waals surface area (Å²) in [5.41, 5.74) is 6.24. The van der Waals surface area contributed by atoms with Crippen LogP contribution >= 0.6 is 0 Å². The van der Waals surface area contributed by atoms with E-state index in [9.17, 15) is 20.4 Å². The highest BCUT2D eigenvalue weighted by molar-refractivity contribution is 5.46. The Morgan fingerprint density at radius 3 is 1.35 bits per heavy atom. The van der Waals surface area contributed by atoms with Crippen molar-refractivity contribution in [3.8, 4) is 23.0 Å². The van der Waals surface area contributed by atoms with E-state index in [-0.39, 0.29) is 23.0 Å². The minimum atomic E-state index is 0.203. The first-order valence-corrected chi connectivity index (χ1v) is 11.1. The van der Waals surface area contributed by atoms with Crippen LogP contribution < -0.4 is 0 Å². The van der Waals surface area contributed by atoms with Crippen LogP contribution in [0.15, 0.2) is 78.9 Å². The molecule has 0 amide bonds. The summed E-state index contributed by atoms with van der Waals surface area (Å²) in [6.07, 6.45) is 1.56. The number of hydrogen-bond donors (Lipinski definition) is 4. The van der Waals surface area contributed by atoms with Crippen molar-refractivity contribution in [1.29, 1.82) is 0 Å². The molecule has 5 heteroatoms. The first-order chi connectivity index (χ1) is 16.4. The fraction of sp³-hybridized carbons (Fsp3) is 0.172. The molecule has 174 valence electrons. The lowest BCUT2D eigenvalue weighted by atomic mass is 9.95. The summed E-state index contributed by atoms with van der Waals surface area (Å²) in [6.45, 7) is 0.474. The topological polar surface area (TPSA) is 90.2 Å². The van der Waals surface area contributed by atoms with Crippen molar-refractivity contribution in [1.82, 2.24) is 0 Å². The van der Waals surface area contributed by atoms with Crippen LogP contribution in [0.5, 0.6) is 23.0 Å². The van der Waals surface area contributed by atoms with Crippen LogP contribution in [-0.4, -0.2) is 27.5 Å². The molecule has 0 aliphatic rings. The highest BCUT2D eigenvalue weighted by Crippen LogP contribution is 2.29. The third-order valence-electron chi connectivity index (χ3n) is 5.86. The summed E-state index contributed by atoms with van der Waals surface area (Å²) in [7, 11) is 1.64. The van der Waals surface area contributed by atoms with Crippen LogP contribution in [-0.2, 0) is 30.6 Å². The average Bonchev–Trinajstić information content (AvgIpc) is 2.82. The standard InChI is InChI=1S/C29H28O5/c1-34-18-22-6-11-29(33)25(17-22)16-21-5-10-28(32)24(15-21)14-20-4-9-27(31)23(13-20)12-19-2-7-26(30)8-3-19/h2-11,13,15,17,30-33H,12,14,16,18H2,1H3. The van der Waals surface area contributed by atoms with Gasteiger partial charge in [-0.3, -0.25) is 0 Å². The molecule has 0 saturated carbocycles. The van der Waals surface area contributed by atoms with Gasteiger partial charge in [0.2, 0.25) is 0 Å². The molecular formula is C29H28O5. The third kappa shape index (κ3) is 5.69. The lowest BCUT2D eigenvalue weighted by molar-refractivity contribution is 0.185. The van der Waals surface area contributed by atoms with Gasteiger partial charge in [0.05, 0.1) is 6.61 Å². The van der Waals surface area contributed by atoms with E-state index in [4.69, 9.17) is 4.74 Å². The molecule has 0 aromatic heterocycles. The molecule has 4 aromatic carbocycles. The molecule has 0 heterocycles. The van der Waals surface area contributed by atoms with Crippen LogP contribution in [0, 0.1) is 0 Å². The van der Waals surface area contributed by atoms with E-state index in [1.807, 2.05) is 48.5 Å². The number of aromatic hydroxyl groups is 4. The molecule has 0 atom stereocenters. The van der Waals surface area contributed by atoms with Gasteiger partial charge in [-0.15, -0.1) is 0 Å². The molecule has 4 N–H and O–H groups in total. The van der Waals surface area contributed by atoms with Crippen LogP contribution in [0.2, 0.25) is 0 Å². The summed E-state index contributed by atoms with van der Waals surface area (Å²) in [5.74, 6) is 0.846. The van der Waals surface area contributed by atoms with Gasteiger partial charge in [0.1, 0.15) is 23.0 Å². The van der Waals surface area contributed by atoms with Crippen LogP contribution in [0.4, 0.5) is 0 Å². The van der Waals surface area contributed by atoms with E-state index in [1.54, 1.807) is 37.4 Å². The van der Waals surface area contributed by atoms with Crippen molar-refractivity contribution in [2.45, 2.75) is 25.9 Å². The number of phenolic OH excluding ortho intramolecular Hbond substituents is 4. The van der Waals surface area contributed by atoms with E-state index in [0.29, 0.717) is 25.9 Å². The Labute approximate surface area is 199 Å². The maximum atomic E-state index is 10.5. The maximum Gasteiger partial charge on any atom is 0.119 e. The number of phenols is 4. The molecule has 0 unspecified atom stereocenters. The summed E-state index contributed by atoms with van der Waals surface area (Å²) < 4.78 is 5.19. The second-order valence-electron chi connectivity index (χ2n) is 8.52. The highest BCUT2D eigenvalue weighted by Gasteiger charge is 2.10. The molecule has 0 saturated heterocycles. The van der Waals surface area contributed by atoms with E-state index < -0.39 is 0 Å². The SMILES string of the molecule is COCc1ccc(O)c(Cc2ccc(O)c(Cc3ccc(O)c(Cc4ccc(O)cc4)c3)c2)c1. The van der Waals surface area contributed by atoms with Gasteiger partial charge < -0.3 is 25.2 Å². The monoisotopic (exact) mass is 456 g/mol. The average molecular weight is 457 g/mol. The Morgan fingerprint density at radius 2 is 0.882 bits per heavy atom. The Kier molecular flexibility index (Phi) is 7.04. The Morgan fingerprint density at radius 1 is 0.500 bits per heavy atom. The molecule has 0 aliphatic carbocycles. The molecular weight excluding hydrogens is 428 g/mol. The maximum absolute atomic E-state index is 10.5. The molecule has 0 bridgehead atoms. The first-order valence-electron chi connectivity index (χ1n) is 11.1. The highest BCUT2D eigenvalue weighted by atomic mass is 16.5. The van der Waals surface area contributed by atoms with Crippen LogP contribution in [0.25, 0.3) is 0 Å². The van der Waals surface area contributed by atoms with Gasteiger partial charge >= 0.3 is 0 Å². The largest absolute Gasteiger partial charge is 0.508 e. The van der Waals surface area contributed by atoms with Crippen molar-refractivity contribution in [2.24, 2.45) is 0 Å². The lowest BCUT2D eigenvalue weighted by Crippen LogP contribution is -1.97. The van der Waals surface area contributed by atoms with Crippen molar-refractivity contribution in [2.75, 3.05) is 7.11 Å². The quantitative estimate of drug-likeness (QED) is 0.284. The summed E-state index contributed by atoms with van der Waals surface area (Å²) in [5, 5.41) is 40.6. The zero-order valence-electron chi connectivity index (χ0n) is 19.0. The van der Waals surface area contributed by atoms with Crippen molar-refractivity contribution in [3.63, 3.8) is 0 Å². The van der Waals surface area contributed by atoms with Gasteiger partial charge in [-0.1, -0.05) is 42.5 Å². The van der Waals surface area contributed by atoms with E-state index >= 15 is 0 Å². The normalized spacial score (nSPS) is 11.0. The van der Waals surface area contributed by atoms with E-state index in [1.165, 1.54) is 0 Å². The number of hydrogen-bond acceptors (Lipinski definition) is 5. The number of ether oxygens (including phenoxy) is 1. The second-order valence-corrected chi connectivity index (χ2v) is 8.52. The van der Waals surface area contributed by atoms with Crippen LogP contribution in [0.3, 0.4) is 0 Å². The second kappa shape index (κ2) is 10.3. The number of benzene rings is 4. The lowest BCUT2D eigenvalue weighted by Gasteiger charge is -2.12. The summed E-state index contributed by atoms with van der Waals surface area (Å²) in [6, 6.07) is 23.3. The van der Waals surface area contributed by atoms with Gasteiger partial charge in [0.25, 0.3) is 0 Å². The zero-order chi connectivity index (χ0) is 24.1. The van der Waals surface area contributed by atoms with E-state index in [2.05, 4.69) is 0 Å². The van der Waals surface area contributed by atoms with Crippen molar-refractivity contribution < 1.29 is 25.2 Å². The molecule has 5 nitrogen and oxygen atoms in total. The summed E-state index contributed by atoms with van der Waals surface area (Å²) in [4.78, 5) is 0. The third-order valence-corrected chi connectivity index (χ3v) is 5.86. The van der Waals surface area contributed by atoms with Gasteiger partial charge in [0, 0.05) is 26.4 Å². The van der Waals surface area contributed by atoms with Crippen LogP contribution in [0.1, 0.15) is 38.9 Å². The van der Waals surface area contributed by atoms with Gasteiger partial charge in [0.15, 0.2) is 0 Å². The predicted octanol–water partition coefficient (Wildman–Crippen LogP) is 5.43. The van der Waals surface area contributed by atoms with Gasteiger partial charge in [-0.2, -0.15) is 0 Å². The Bertz CT molecular complexity index is 1280. The zero-order valence-corrected chi connectivity index (χ0v) is 19.0. The molecule has 4 aromatic rings. The van der Waals surface area contributed by atoms with Gasteiger partial charge in [-0.25, -0.2) is 0 Å². The molecule has 4 rings (SSSR count). The Balaban J connectivity index is 1.55. The van der Waals surface area contributed by atoms with Crippen molar-refractivity contribution in [3.05, 3.63) is 118 Å². The van der Waals surface area contributed by atoms with E-state index in [0.717, 1.165) is 38.9 Å². The molecule has 0 spiro atoms. The molecule has 0 fully saturated rings. The molecule has 0 aliphatic heterocycles. The minimum absolute atomic E-state index is 0.203.